The molecule has 1 rings (SSSR count). The summed E-state index contributed by atoms with van der Waals surface area (Å²) < 4.78 is 0. The van der Waals surface area contributed by atoms with Gasteiger partial charge in [0.15, 0.2) is 5.96 Å². The summed E-state index contributed by atoms with van der Waals surface area (Å²) in [7, 11) is 1.92. The van der Waals surface area contributed by atoms with Gasteiger partial charge in [0.2, 0.25) is 5.91 Å². The van der Waals surface area contributed by atoms with Crippen LogP contribution in [0.5, 0.6) is 0 Å². The summed E-state index contributed by atoms with van der Waals surface area (Å²) in [5.74, 6) is 1.51. The van der Waals surface area contributed by atoms with Crippen molar-refractivity contribution < 1.29 is 4.79 Å². The van der Waals surface area contributed by atoms with E-state index in [0.717, 1.165) is 25.6 Å². The number of nitrogens with zero attached hydrogens (tertiary/aromatic N) is 3. The second-order valence-corrected chi connectivity index (χ2v) is 8.53. The minimum absolute atomic E-state index is 0. The number of halogens is 1. The standard InChI is InChI=1S/C19H39N5O.HI/c1-8-20-18(23(7)14-17(25)22-19(4,5)6)21-12-16-10-9-11-24(16)13-15(2)3;/h15-16H,8-14H2,1-7H3,(H,20,21)(H,22,25);1H/t16-;/m1./s1. The molecule has 0 aromatic rings. The van der Waals surface area contributed by atoms with E-state index in [1.54, 1.807) is 0 Å². The lowest BCUT2D eigenvalue weighted by molar-refractivity contribution is -0.122. The van der Waals surface area contributed by atoms with Crippen LogP contribution in [0.3, 0.4) is 0 Å². The highest BCUT2D eigenvalue weighted by molar-refractivity contribution is 14.0. The third-order valence-electron chi connectivity index (χ3n) is 4.14. The molecule has 1 saturated heterocycles. The Bertz CT molecular complexity index is 448. The van der Waals surface area contributed by atoms with Gasteiger partial charge in [-0.3, -0.25) is 14.7 Å². The normalized spacial score (nSPS) is 18.6. The summed E-state index contributed by atoms with van der Waals surface area (Å²) in [6.45, 7) is 16.8. The molecule has 0 spiro atoms. The van der Waals surface area contributed by atoms with Gasteiger partial charge in [-0.15, -0.1) is 24.0 Å². The summed E-state index contributed by atoms with van der Waals surface area (Å²) in [5, 5.41) is 6.31. The van der Waals surface area contributed by atoms with Gasteiger partial charge in [-0.05, 0) is 53.0 Å². The zero-order valence-corrected chi connectivity index (χ0v) is 20.1. The highest BCUT2D eigenvalue weighted by Crippen LogP contribution is 2.18. The Morgan fingerprint density at radius 2 is 2.00 bits per heavy atom. The summed E-state index contributed by atoms with van der Waals surface area (Å²) in [6.07, 6.45) is 2.47. The van der Waals surface area contributed by atoms with Gasteiger partial charge < -0.3 is 15.5 Å². The first-order chi connectivity index (χ1) is 11.6. The molecule has 1 aliphatic rings. The Balaban J connectivity index is 0.00000625. The van der Waals surface area contributed by atoms with Crippen LogP contribution in [0.15, 0.2) is 4.99 Å². The van der Waals surface area contributed by atoms with E-state index in [0.29, 0.717) is 18.5 Å². The van der Waals surface area contributed by atoms with Gasteiger partial charge in [-0.1, -0.05) is 13.8 Å². The fraction of sp³-hybridized carbons (Fsp3) is 0.895. The quantitative estimate of drug-likeness (QED) is 0.334. The predicted octanol–water partition coefficient (Wildman–Crippen LogP) is 2.54. The maximum absolute atomic E-state index is 12.2. The topological polar surface area (TPSA) is 60.0 Å². The number of nitrogens with one attached hydrogen (secondary N) is 2. The van der Waals surface area contributed by atoms with Gasteiger partial charge >= 0.3 is 0 Å². The number of guanidine groups is 1. The third kappa shape index (κ3) is 9.94. The molecule has 0 saturated carbocycles. The van der Waals surface area contributed by atoms with Gasteiger partial charge in [0.1, 0.15) is 0 Å². The molecule has 7 heteroatoms. The first-order valence-electron chi connectivity index (χ1n) is 9.67. The molecule has 1 fully saturated rings. The van der Waals surface area contributed by atoms with Crippen LogP contribution in [0.25, 0.3) is 0 Å². The van der Waals surface area contributed by atoms with Crippen LogP contribution in [0.1, 0.15) is 54.4 Å². The third-order valence-corrected chi connectivity index (χ3v) is 4.14. The van der Waals surface area contributed by atoms with Gasteiger partial charge in [0, 0.05) is 31.7 Å². The van der Waals surface area contributed by atoms with Crippen molar-refractivity contribution in [2.75, 3.05) is 39.8 Å². The molecule has 2 N–H and O–H groups in total. The molecule has 1 heterocycles. The molecule has 1 amide bonds. The highest BCUT2D eigenvalue weighted by atomic mass is 127. The van der Waals surface area contributed by atoms with Gasteiger partial charge in [0.25, 0.3) is 0 Å². The average Bonchev–Trinajstić information content (AvgIpc) is 2.87. The number of aliphatic imine (C=N–C) groups is 1. The Morgan fingerprint density at radius 3 is 2.54 bits per heavy atom. The maximum Gasteiger partial charge on any atom is 0.240 e. The van der Waals surface area contributed by atoms with Crippen molar-refractivity contribution in [3.63, 3.8) is 0 Å². The largest absolute Gasteiger partial charge is 0.357 e. The predicted molar refractivity (Wildman–Crippen MR) is 121 cm³/mol. The van der Waals surface area contributed by atoms with E-state index in [1.165, 1.54) is 19.4 Å². The summed E-state index contributed by atoms with van der Waals surface area (Å²) >= 11 is 0. The van der Waals surface area contributed by atoms with Crippen LogP contribution < -0.4 is 10.6 Å². The minimum Gasteiger partial charge on any atom is -0.357 e. The smallest absolute Gasteiger partial charge is 0.240 e. The fourth-order valence-electron chi connectivity index (χ4n) is 3.22. The lowest BCUT2D eigenvalue weighted by atomic mass is 10.1. The Hall–Kier alpha value is -0.570. The summed E-state index contributed by atoms with van der Waals surface area (Å²) in [4.78, 5) is 21.4. The van der Waals surface area contributed by atoms with E-state index in [2.05, 4.69) is 36.3 Å². The molecule has 0 aliphatic carbocycles. The summed E-state index contributed by atoms with van der Waals surface area (Å²) in [6, 6.07) is 0.521. The molecule has 0 unspecified atom stereocenters. The monoisotopic (exact) mass is 481 g/mol. The number of amides is 1. The molecule has 1 atom stereocenters. The lowest BCUT2D eigenvalue weighted by Crippen LogP contribution is -2.49. The second kappa shape index (κ2) is 12.0. The molecule has 0 radical (unpaired) electrons. The molecule has 0 aromatic carbocycles. The Labute approximate surface area is 177 Å². The number of likely N-dealkylation sites (N-methyl/N-ethyl adjacent to an activating group) is 1. The van der Waals surface area contributed by atoms with Crippen molar-refractivity contribution in [3.8, 4) is 0 Å². The highest BCUT2D eigenvalue weighted by Gasteiger charge is 2.25. The van der Waals surface area contributed by atoms with Crippen molar-refractivity contribution in [1.82, 2.24) is 20.4 Å². The number of carbonyl (C=O) groups excluding carboxylic acids is 1. The van der Waals surface area contributed by atoms with Crippen molar-refractivity contribution in [2.24, 2.45) is 10.9 Å². The van der Waals surface area contributed by atoms with Crippen molar-refractivity contribution in [1.29, 1.82) is 0 Å². The Morgan fingerprint density at radius 1 is 1.35 bits per heavy atom. The van der Waals surface area contributed by atoms with Crippen LogP contribution in [0.2, 0.25) is 0 Å². The zero-order valence-electron chi connectivity index (χ0n) is 17.8. The number of rotatable bonds is 7. The second-order valence-electron chi connectivity index (χ2n) is 8.53. The first kappa shape index (κ1) is 25.4. The van der Waals surface area contributed by atoms with E-state index in [4.69, 9.17) is 4.99 Å². The van der Waals surface area contributed by atoms with Gasteiger partial charge in [0.05, 0.1) is 13.1 Å². The SMILES string of the molecule is CCNC(=NC[C@H]1CCCN1CC(C)C)N(C)CC(=O)NC(C)(C)C.I. The van der Waals surface area contributed by atoms with Crippen molar-refractivity contribution in [2.45, 2.75) is 66.0 Å². The fourth-order valence-corrected chi connectivity index (χ4v) is 3.22. The van der Waals surface area contributed by atoms with E-state index >= 15 is 0 Å². The van der Waals surface area contributed by atoms with E-state index in [1.807, 2.05) is 32.7 Å². The van der Waals surface area contributed by atoms with Crippen LogP contribution >= 0.6 is 24.0 Å². The molecule has 0 aromatic heterocycles. The number of hydrogen-bond acceptors (Lipinski definition) is 3. The lowest BCUT2D eigenvalue weighted by Gasteiger charge is -2.27. The number of likely N-dealkylation sites (tertiary alicyclic amines) is 1. The molecular weight excluding hydrogens is 441 g/mol. The Kier molecular flexibility index (Phi) is 11.7. The van der Waals surface area contributed by atoms with Gasteiger partial charge in [-0.25, -0.2) is 0 Å². The summed E-state index contributed by atoms with van der Waals surface area (Å²) in [5.41, 5.74) is -0.214. The van der Waals surface area contributed by atoms with Crippen molar-refractivity contribution in [3.05, 3.63) is 0 Å². The molecule has 6 nitrogen and oxygen atoms in total. The number of carbonyl (C=O) groups is 1. The molecule has 26 heavy (non-hydrogen) atoms. The molecule has 154 valence electrons. The maximum atomic E-state index is 12.2. The average molecular weight is 481 g/mol. The van der Waals surface area contributed by atoms with Crippen LogP contribution in [-0.2, 0) is 4.79 Å². The van der Waals surface area contributed by atoms with E-state index in [-0.39, 0.29) is 35.4 Å². The molecular formula is C19H40IN5O. The molecule has 0 bridgehead atoms. The van der Waals surface area contributed by atoms with Crippen molar-refractivity contribution >= 4 is 35.8 Å². The van der Waals surface area contributed by atoms with E-state index < -0.39 is 0 Å². The molecule has 1 aliphatic heterocycles. The van der Waals surface area contributed by atoms with E-state index in [9.17, 15) is 4.79 Å². The van der Waals surface area contributed by atoms with Crippen LogP contribution in [-0.4, -0.2) is 73.0 Å². The number of hydrogen-bond donors (Lipinski definition) is 2. The first-order valence-corrected chi connectivity index (χ1v) is 9.67. The minimum atomic E-state index is -0.214. The zero-order chi connectivity index (χ0) is 19.0. The van der Waals surface area contributed by atoms with Crippen LogP contribution in [0.4, 0.5) is 0 Å². The van der Waals surface area contributed by atoms with Gasteiger partial charge in [-0.2, -0.15) is 0 Å². The van der Waals surface area contributed by atoms with Crippen LogP contribution in [0, 0.1) is 5.92 Å².